The van der Waals surface area contributed by atoms with Gasteiger partial charge in [0.2, 0.25) is 0 Å². The quantitative estimate of drug-likeness (QED) is 0.713. The van der Waals surface area contributed by atoms with Crippen molar-refractivity contribution in [3.63, 3.8) is 0 Å². The van der Waals surface area contributed by atoms with Gasteiger partial charge in [-0.15, -0.1) is 0 Å². The van der Waals surface area contributed by atoms with E-state index in [1.54, 1.807) is 0 Å². The molecule has 1 heteroatoms. The van der Waals surface area contributed by atoms with Crippen molar-refractivity contribution < 1.29 is 0 Å². The van der Waals surface area contributed by atoms with Crippen LogP contribution in [0.4, 0.5) is 0 Å². The summed E-state index contributed by atoms with van der Waals surface area (Å²) >= 11 is 2.32. The van der Waals surface area contributed by atoms with Crippen molar-refractivity contribution in [1.29, 1.82) is 0 Å². The molecule has 1 aromatic rings. The molecule has 0 saturated heterocycles. The maximum atomic E-state index is 3.80. The van der Waals surface area contributed by atoms with E-state index in [1.807, 2.05) is 19.1 Å². The van der Waals surface area contributed by atoms with Gasteiger partial charge in [0, 0.05) is 3.57 Å². The molecule has 0 bridgehead atoms. The molecule has 0 aliphatic carbocycles. The summed E-state index contributed by atoms with van der Waals surface area (Å²) < 4.78 is 1.25. The van der Waals surface area contributed by atoms with Gasteiger partial charge in [0.25, 0.3) is 0 Å². The van der Waals surface area contributed by atoms with Crippen LogP contribution in [0.15, 0.2) is 30.9 Å². The Morgan fingerprint density at radius 2 is 2.17 bits per heavy atom. The molecule has 0 spiro atoms. The minimum atomic E-state index is 1.22. The highest BCUT2D eigenvalue weighted by Crippen LogP contribution is 2.19. The van der Waals surface area contributed by atoms with Crippen LogP contribution in [0.3, 0.4) is 0 Å². The zero-order chi connectivity index (χ0) is 8.97. The van der Waals surface area contributed by atoms with E-state index in [-0.39, 0.29) is 0 Å². The summed E-state index contributed by atoms with van der Waals surface area (Å²) in [7, 11) is 0. The average Bonchev–Trinajstić information content (AvgIpc) is 2.05. The lowest BCUT2D eigenvalue weighted by Crippen LogP contribution is -1.83. The molecule has 0 unspecified atom stereocenters. The predicted octanol–water partition coefficient (Wildman–Crippen LogP) is 3.97. The van der Waals surface area contributed by atoms with E-state index in [0.717, 1.165) is 0 Å². The molecule has 0 fully saturated rings. The second kappa shape index (κ2) is 4.45. The number of halogens is 1. The molecule has 1 aromatic carbocycles. The lowest BCUT2D eigenvalue weighted by molar-refractivity contribution is 1.55. The molecule has 0 radical (unpaired) electrons. The number of hydrogen-bond donors (Lipinski definition) is 0. The lowest BCUT2D eigenvalue weighted by atomic mass is 10.1. The maximum absolute atomic E-state index is 3.80. The standard InChI is InChI=1S/C11H11I/c1-3-6-9-7-5-8-11(12)10(9)4-2/h3-8H,2H2,1H3/b6-3-. The van der Waals surface area contributed by atoms with Gasteiger partial charge in [-0.05, 0) is 46.7 Å². The second-order valence-corrected chi connectivity index (χ2v) is 3.61. The molecule has 0 aliphatic rings. The SMILES string of the molecule is C=Cc1c(I)cccc1/C=C\C. The lowest BCUT2D eigenvalue weighted by Gasteiger charge is -2.02. The Morgan fingerprint density at radius 3 is 2.75 bits per heavy atom. The Bertz CT molecular complexity index is 311. The Morgan fingerprint density at radius 1 is 1.42 bits per heavy atom. The monoisotopic (exact) mass is 270 g/mol. The molecule has 0 heterocycles. The smallest absolute Gasteiger partial charge is 0.0208 e. The Balaban J connectivity index is 3.27. The minimum absolute atomic E-state index is 1.22. The highest BCUT2D eigenvalue weighted by molar-refractivity contribution is 14.1. The topological polar surface area (TPSA) is 0 Å². The molecule has 0 amide bonds. The van der Waals surface area contributed by atoms with Crippen LogP contribution in [0, 0.1) is 3.57 Å². The zero-order valence-corrected chi connectivity index (χ0v) is 9.21. The molecule has 12 heavy (non-hydrogen) atoms. The van der Waals surface area contributed by atoms with Crippen LogP contribution in [0.25, 0.3) is 12.2 Å². The molecule has 1 rings (SSSR count). The van der Waals surface area contributed by atoms with E-state index >= 15 is 0 Å². The molecular weight excluding hydrogens is 259 g/mol. The molecule has 62 valence electrons. The first-order valence-corrected chi connectivity index (χ1v) is 4.91. The Kier molecular flexibility index (Phi) is 3.53. The summed E-state index contributed by atoms with van der Waals surface area (Å²) in [6.45, 7) is 5.82. The first kappa shape index (κ1) is 9.52. The van der Waals surface area contributed by atoms with Gasteiger partial charge in [0.15, 0.2) is 0 Å². The van der Waals surface area contributed by atoms with Crippen LogP contribution in [-0.4, -0.2) is 0 Å². The van der Waals surface area contributed by atoms with Crippen molar-refractivity contribution in [3.05, 3.63) is 45.6 Å². The van der Waals surface area contributed by atoms with E-state index in [4.69, 9.17) is 0 Å². The van der Waals surface area contributed by atoms with Crippen molar-refractivity contribution >= 4 is 34.7 Å². The van der Waals surface area contributed by atoms with Gasteiger partial charge in [-0.25, -0.2) is 0 Å². The van der Waals surface area contributed by atoms with Gasteiger partial charge >= 0.3 is 0 Å². The summed E-state index contributed by atoms with van der Waals surface area (Å²) in [5, 5.41) is 0. The van der Waals surface area contributed by atoms with Gasteiger partial charge in [0.05, 0.1) is 0 Å². The second-order valence-electron chi connectivity index (χ2n) is 2.45. The third kappa shape index (κ3) is 1.97. The molecule has 0 saturated carbocycles. The summed E-state index contributed by atoms with van der Waals surface area (Å²) in [4.78, 5) is 0. The van der Waals surface area contributed by atoms with Crippen LogP contribution in [0.5, 0.6) is 0 Å². The first-order chi connectivity index (χ1) is 5.79. The summed E-state index contributed by atoms with van der Waals surface area (Å²) in [5.74, 6) is 0. The van der Waals surface area contributed by atoms with Crippen molar-refractivity contribution in [2.75, 3.05) is 0 Å². The van der Waals surface area contributed by atoms with E-state index in [9.17, 15) is 0 Å². The van der Waals surface area contributed by atoms with Crippen molar-refractivity contribution in [2.45, 2.75) is 6.92 Å². The van der Waals surface area contributed by atoms with Crippen LogP contribution >= 0.6 is 22.6 Å². The third-order valence-electron chi connectivity index (χ3n) is 1.64. The zero-order valence-electron chi connectivity index (χ0n) is 7.05. The maximum Gasteiger partial charge on any atom is 0.0208 e. The summed E-state index contributed by atoms with van der Waals surface area (Å²) in [6, 6.07) is 6.24. The van der Waals surface area contributed by atoms with Crippen molar-refractivity contribution in [2.24, 2.45) is 0 Å². The highest BCUT2D eigenvalue weighted by atomic mass is 127. The van der Waals surface area contributed by atoms with Crippen LogP contribution < -0.4 is 0 Å². The summed E-state index contributed by atoms with van der Waals surface area (Å²) in [6.07, 6.45) is 6.04. The van der Waals surface area contributed by atoms with E-state index in [2.05, 4.69) is 53.4 Å². The largest absolute Gasteiger partial charge is 0.0984 e. The third-order valence-corrected chi connectivity index (χ3v) is 2.58. The Labute approximate surface area is 87.1 Å². The van der Waals surface area contributed by atoms with E-state index in [0.29, 0.717) is 0 Å². The number of benzene rings is 1. The first-order valence-electron chi connectivity index (χ1n) is 3.83. The highest BCUT2D eigenvalue weighted by Gasteiger charge is 1.98. The van der Waals surface area contributed by atoms with Gasteiger partial charge in [-0.1, -0.05) is 36.9 Å². The number of allylic oxidation sites excluding steroid dienone is 1. The van der Waals surface area contributed by atoms with Gasteiger partial charge in [-0.2, -0.15) is 0 Å². The average molecular weight is 270 g/mol. The van der Waals surface area contributed by atoms with Gasteiger partial charge in [0.1, 0.15) is 0 Å². The van der Waals surface area contributed by atoms with E-state index < -0.39 is 0 Å². The molecular formula is C11H11I. The summed E-state index contributed by atoms with van der Waals surface area (Å²) in [5.41, 5.74) is 2.45. The Hall–Kier alpha value is -0.570. The van der Waals surface area contributed by atoms with Crippen LogP contribution in [0.2, 0.25) is 0 Å². The fraction of sp³-hybridized carbons (Fsp3) is 0.0909. The molecule has 0 aliphatic heterocycles. The van der Waals surface area contributed by atoms with E-state index in [1.165, 1.54) is 14.7 Å². The molecule has 0 nitrogen and oxygen atoms in total. The van der Waals surface area contributed by atoms with Crippen LogP contribution in [0.1, 0.15) is 18.1 Å². The minimum Gasteiger partial charge on any atom is -0.0984 e. The van der Waals surface area contributed by atoms with Crippen LogP contribution in [-0.2, 0) is 0 Å². The molecule has 0 aromatic heterocycles. The fourth-order valence-electron chi connectivity index (χ4n) is 1.09. The normalized spacial score (nSPS) is 10.5. The van der Waals surface area contributed by atoms with Gasteiger partial charge < -0.3 is 0 Å². The number of hydrogen-bond acceptors (Lipinski definition) is 0. The van der Waals surface area contributed by atoms with Crippen molar-refractivity contribution in [1.82, 2.24) is 0 Å². The number of rotatable bonds is 2. The van der Waals surface area contributed by atoms with Gasteiger partial charge in [-0.3, -0.25) is 0 Å². The van der Waals surface area contributed by atoms with Crippen molar-refractivity contribution in [3.8, 4) is 0 Å². The molecule has 0 atom stereocenters. The fourth-order valence-corrected chi connectivity index (χ4v) is 1.83. The predicted molar refractivity (Wildman–Crippen MR) is 64.0 cm³/mol. The molecule has 0 N–H and O–H groups in total.